The number of benzene rings is 2. The third-order valence-corrected chi connectivity index (χ3v) is 8.42. The highest BCUT2D eigenvalue weighted by Crippen LogP contribution is 2.25. The number of piperidine rings is 1. The number of amides is 1. The van der Waals surface area contributed by atoms with E-state index >= 15 is 0 Å². The third kappa shape index (κ3) is 6.00. The van der Waals surface area contributed by atoms with Crippen molar-refractivity contribution in [3.63, 3.8) is 0 Å². The fourth-order valence-electron chi connectivity index (χ4n) is 4.56. The number of hydrogen-bond acceptors (Lipinski definition) is 5. The van der Waals surface area contributed by atoms with Crippen LogP contribution in [0.25, 0.3) is 0 Å². The summed E-state index contributed by atoms with van der Waals surface area (Å²) in [6, 6.07) is 16.6. The smallest absolute Gasteiger partial charge is 0.251 e. The lowest BCUT2D eigenvalue weighted by molar-refractivity contribution is -0.0292. The molecule has 2 heterocycles. The van der Waals surface area contributed by atoms with Crippen LogP contribution in [0.3, 0.4) is 0 Å². The lowest BCUT2D eigenvalue weighted by Gasteiger charge is -2.33. The number of hydrogen-bond donors (Lipinski definition) is 1. The molecule has 4 rings (SSSR count). The fourth-order valence-corrected chi connectivity index (χ4v) is 6.31. The topological polar surface area (TPSA) is 79.0 Å². The van der Waals surface area contributed by atoms with E-state index in [0.717, 1.165) is 38.9 Å². The highest BCUT2D eigenvalue weighted by molar-refractivity contribution is 7.89. The Bertz CT molecular complexity index is 1040. The Labute approximate surface area is 196 Å². The van der Waals surface area contributed by atoms with Crippen molar-refractivity contribution in [3.05, 3.63) is 65.7 Å². The van der Waals surface area contributed by atoms with Gasteiger partial charge in [0.25, 0.3) is 5.91 Å². The van der Waals surface area contributed by atoms with E-state index in [0.29, 0.717) is 25.3 Å². The first kappa shape index (κ1) is 23.9. The van der Waals surface area contributed by atoms with Gasteiger partial charge in [-0.05, 0) is 43.5 Å². The average Bonchev–Trinajstić information content (AvgIpc) is 2.84. The Morgan fingerprint density at radius 2 is 1.91 bits per heavy atom. The number of rotatable bonds is 7. The number of nitrogens with one attached hydrogen (secondary N) is 1. The third-order valence-electron chi connectivity index (χ3n) is 6.41. The molecule has 0 spiro atoms. The van der Waals surface area contributed by atoms with Crippen molar-refractivity contribution in [1.82, 2.24) is 14.5 Å². The molecule has 2 aromatic rings. The van der Waals surface area contributed by atoms with Crippen LogP contribution >= 0.6 is 0 Å². The predicted molar refractivity (Wildman–Crippen MR) is 127 cm³/mol. The van der Waals surface area contributed by atoms with Crippen LogP contribution in [0.4, 0.5) is 0 Å². The van der Waals surface area contributed by atoms with E-state index in [4.69, 9.17) is 4.74 Å². The van der Waals surface area contributed by atoms with Crippen molar-refractivity contribution >= 4 is 15.9 Å². The van der Waals surface area contributed by atoms with Crippen LogP contribution in [0.5, 0.6) is 0 Å². The summed E-state index contributed by atoms with van der Waals surface area (Å²) in [6.45, 7) is 5.91. The summed E-state index contributed by atoms with van der Waals surface area (Å²) < 4.78 is 33.7. The van der Waals surface area contributed by atoms with Crippen LogP contribution in [-0.2, 0) is 21.3 Å². The molecule has 2 atom stereocenters. The van der Waals surface area contributed by atoms with Gasteiger partial charge in [-0.1, -0.05) is 42.8 Å². The number of nitrogens with zero attached hydrogens (tertiary/aromatic N) is 2. The van der Waals surface area contributed by atoms with Gasteiger partial charge in [-0.3, -0.25) is 9.69 Å². The van der Waals surface area contributed by atoms with Gasteiger partial charge in [-0.2, -0.15) is 4.31 Å². The van der Waals surface area contributed by atoms with E-state index in [-0.39, 0.29) is 22.9 Å². The normalized spacial score (nSPS) is 22.7. The number of sulfonamides is 1. The minimum Gasteiger partial charge on any atom is -0.374 e. The van der Waals surface area contributed by atoms with Gasteiger partial charge in [0, 0.05) is 44.3 Å². The van der Waals surface area contributed by atoms with Crippen molar-refractivity contribution in [1.29, 1.82) is 0 Å². The molecule has 2 unspecified atom stereocenters. The maximum Gasteiger partial charge on any atom is 0.251 e. The standard InChI is InChI=1S/C25H33N3O4S/c1-20-8-5-6-13-28(20)33(30,31)24-12-7-11-22(16-24)25(29)26-17-23-19-27(14-15-32-23)18-21-9-3-2-4-10-21/h2-4,7,9-12,16,20,23H,5-6,8,13-15,17-19H2,1H3,(H,26,29). The molecule has 0 radical (unpaired) electrons. The van der Waals surface area contributed by atoms with E-state index in [2.05, 4.69) is 22.3 Å². The van der Waals surface area contributed by atoms with Gasteiger partial charge in [0.15, 0.2) is 0 Å². The molecule has 2 aliphatic heterocycles. The van der Waals surface area contributed by atoms with Crippen molar-refractivity contribution in [2.75, 3.05) is 32.8 Å². The summed E-state index contributed by atoms with van der Waals surface area (Å²) in [4.78, 5) is 15.3. The first-order valence-electron chi connectivity index (χ1n) is 11.7. The van der Waals surface area contributed by atoms with E-state index < -0.39 is 10.0 Å². The molecule has 1 amide bonds. The monoisotopic (exact) mass is 471 g/mol. The molecular weight excluding hydrogens is 438 g/mol. The Morgan fingerprint density at radius 1 is 1.09 bits per heavy atom. The van der Waals surface area contributed by atoms with Crippen LogP contribution < -0.4 is 5.32 Å². The zero-order chi connectivity index (χ0) is 23.3. The van der Waals surface area contributed by atoms with E-state index in [9.17, 15) is 13.2 Å². The van der Waals surface area contributed by atoms with Crippen LogP contribution in [0.15, 0.2) is 59.5 Å². The molecular formula is C25H33N3O4S. The van der Waals surface area contributed by atoms with Crippen LogP contribution in [0.1, 0.15) is 42.1 Å². The molecule has 2 aliphatic rings. The molecule has 2 saturated heterocycles. The Hall–Kier alpha value is -2.26. The summed E-state index contributed by atoms with van der Waals surface area (Å²) in [5.74, 6) is -0.289. The second-order valence-corrected chi connectivity index (χ2v) is 10.8. The Kier molecular flexibility index (Phi) is 7.80. The molecule has 1 N–H and O–H groups in total. The quantitative estimate of drug-likeness (QED) is 0.672. The first-order valence-corrected chi connectivity index (χ1v) is 13.2. The first-order chi connectivity index (χ1) is 15.9. The second kappa shape index (κ2) is 10.8. The van der Waals surface area contributed by atoms with Gasteiger partial charge in [0.05, 0.1) is 17.6 Å². The summed E-state index contributed by atoms with van der Waals surface area (Å²) in [5, 5.41) is 2.92. The van der Waals surface area contributed by atoms with Gasteiger partial charge in [-0.15, -0.1) is 0 Å². The summed E-state index contributed by atoms with van der Waals surface area (Å²) in [7, 11) is -3.62. The SMILES string of the molecule is CC1CCCCN1S(=O)(=O)c1cccc(C(=O)NCC2CN(Cc3ccccc3)CCO2)c1. The van der Waals surface area contributed by atoms with Crippen LogP contribution in [0, 0.1) is 0 Å². The minimum atomic E-state index is -3.62. The molecule has 0 aliphatic carbocycles. The zero-order valence-electron chi connectivity index (χ0n) is 19.2. The molecule has 2 aromatic carbocycles. The van der Waals surface area contributed by atoms with E-state index in [1.54, 1.807) is 22.5 Å². The fraction of sp³-hybridized carbons (Fsp3) is 0.480. The van der Waals surface area contributed by atoms with Crippen LogP contribution in [-0.4, -0.2) is 68.5 Å². The maximum absolute atomic E-state index is 13.1. The molecule has 2 fully saturated rings. The van der Waals surface area contributed by atoms with Gasteiger partial charge in [0.2, 0.25) is 10.0 Å². The number of carbonyl (C=O) groups excluding carboxylic acids is 1. The Morgan fingerprint density at radius 3 is 2.70 bits per heavy atom. The minimum absolute atomic E-state index is 0.0245. The van der Waals surface area contributed by atoms with Gasteiger partial charge >= 0.3 is 0 Å². The van der Waals surface area contributed by atoms with Gasteiger partial charge < -0.3 is 10.1 Å². The van der Waals surface area contributed by atoms with Crippen molar-refractivity contribution in [2.45, 2.75) is 49.8 Å². The largest absolute Gasteiger partial charge is 0.374 e. The summed E-state index contributed by atoms with van der Waals surface area (Å²) in [5.41, 5.74) is 1.60. The molecule has 8 heteroatoms. The van der Waals surface area contributed by atoms with E-state index in [1.165, 1.54) is 11.6 Å². The molecule has 33 heavy (non-hydrogen) atoms. The Balaban J connectivity index is 1.35. The molecule has 0 aromatic heterocycles. The maximum atomic E-state index is 13.1. The van der Waals surface area contributed by atoms with Crippen molar-refractivity contribution in [3.8, 4) is 0 Å². The van der Waals surface area contributed by atoms with Crippen molar-refractivity contribution in [2.24, 2.45) is 0 Å². The number of carbonyl (C=O) groups is 1. The zero-order valence-corrected chi connectivity index (χ0v) is 20.0. The number of morpholine rings is 1. The van der Waals surface area contributed by atoms with Gasteiger partial charge in [0.1, 0.15) is 0 Å². The number of ether oxygens (including phenoxy) is 1. The second-order valence-electron chi connectivity index (χ2n) is 8.91. The molecule has 7 nitrogen and oxygen atoms in total. The molecule has 0 saturated carbocycles. The lowest BCUT2D eigenvalue weighted by atomic mass is 10.1. The molecule has 0 bridgehead atoms. The summed E-state index contributed by atoms with van der Waals surface area (Å²) in [6.07, 6.45) is 2.67. The lowest BCUT2D eigenvalue weighted by Crippen LogP contribution is -2.47. The molecule has 178 valence electrons. The summed E-state index contributed by atoms with van der Waals surface area (Å²) >= 11 is 0. The average molecular weight is 472 g/mol. The predicted octanol–water partition coefficient (Wildman–Crippen LogP) is 2.88. The highest BCUT2D eigenvalue weighted by Gasteiger charge is 2.31. The van der Waals surface area contributed by atoms with E-state index in [1.807, 2.05) is 25.1 Å². The van der Waals surface area contributed by atoms with Crippen molar-refractivity contribution < 1.29 is 17.9 Å². The van der Waals surface area contributed by atoms with Crippen LogP contribution in [0.2, 0.25) is 0 Å². The van der Waals surface area contributed by atoms with Gasteiger partial charge in [-0.25, -0.2) is 8.42 Å². The highest BCUT2D eigenvalue weighted by atomic mass is 32.2.